The molecule has 18 heavy (non-hydrogen) atoms. The molecule has 7 nitrogen and oxygen atoms in total. The fourth-order valence-corrected chi connectivity index (χ4v) is 1.36. The van der Waals surface area contributed by atoms with Crippen LogP contribution in [0.5, 0.6) is 0 Å². The molecule has 0 heterocycles. The number of carbonyl (C=O) groups is 3. The van der Waals surface area contributed by atoms with Gasteiger partial charge in [-0.3, -0.25) is 14.4 Å². The molecule has 4 N–H and O–H groups in total. The van der Waals surface area contributed by atoms with Crippen molar-refractivity contribution in [2.75, 3.05) is 20.1 Å². The lowest BCUT2D eigenvalue weighted by molar-refractivity contribution is -0.137. The third kappa shape index (κ3) is 9.59. The van der Waals surface area contributed by atoms with Gasteiger partial charge in [-0.05, 0) is 26.8 Å². The number of likely N-dealkylation sites (N-methyl/N-ethyl adjacent to an activating group) is 1. The molecule has 0 fully saturated rings. The highest BCUT2D eigenvalue weighted by atomic mass is 16.4. The fourth-order valence-electron chi connectivity index (χ4n) is 1.36. The number of carboxylic acids is 1. The van der Waals surface area contributed by atoms with Crippen molar-refractivity contribution in [1.29, 1.82) is 0 Å². The van der Waals surface area contributed by atoms with E-state index in [4.69, 9.17) is 5.11 Å². The van der Waals surface area contributed by atoms with Gasteiger partial charge in [0.05, 0.1) is 13.1 Å². The predicted molar refractivity (Wildman–Crippen MR) is 66.0 cm³/mol. The van der Waals surface area contributed by atoms with Gasteiger partial charge < -0.3 is 21.1 Å². The van der Waals surface area contributed by atoms with E-state index in [1.807, 2.05) is 0 Å². The van der Waals surface area contributed by atoms with Gasteiger partial charge in [-0.25, -0.2) is 0 Å². The van der Waals surface area contributed by atoms with E-state index < -0.39 is 5.97 Å². The summed E-state index contributed by atoms with van der Waals surface area (Å²) in [6, 6.07) is -0.0990. The molecule has 0 aromatic carbocycles. The van der Waals surface area contributed by atoms with Crippen LogP contribution in [0.25, 0.3) is 0 Å². The quantitative estimate of drug-likeness (QED) is 0.428. The predicted octanol–water partition coefficient (Wildman–Crippen LogP) is -0.918. The summed E-state index contributed by atoms with van der Waals surface area (Å²) in [4.78, 5) is 32.8. The summed E-state index contributed by atoms with van der Waals surface area (Å²) in [5.74, 6) is -1.36. The Balaban J connectivity index is 3.67. The summed E-state index contributed by atoms with van der Waals surface area (Å²) >= 11 is 0. The van der Waals surface area contributed by atoms with Gasteiger partial charge in [-0.15, -0.1) is 0 Å². The van der Waals surface area contributed by atoms with Crippen LogP contribution in [0.15, 0.2) is 0 Å². The average molecular weight is 259 g/mol. The molecule has 0 aliphatic carbocycles. The number of amides is 2. The lowest BCUT2D eigenvalue weighted by Crippen LogP contribution is -2.42. The Morgan fingerprint density at radius 1 is 1.17 bits per heavy atom. The van der Waals surface area contributed by atoms with Crippen LogP contribution in [-0.2, 0) is 14.4 Å². The lowest BCUT2D eigenvalue weighted by Gasteiger charge is -2.13. The number of hydrogen-bond donors (Lipinski definition) is 4. The van der Waals surface area contributed by atoms with Crippen LogP contribution in [0, 0.1) is 0 Å². The molecule has 0 aromatic rings. The third-order valence-electron chi connectivity index (χ3n) is 2.22. The second-order valence-corrected chi connectivity index (χ2v) is 4.06. The molecule has 0 spiro atoms. The van der Waals surface area contributed by atoms with E-state index in [0.717, 1.165) is 0 Å². The van der Waals surface area contributed by atoms with E-state index in [-0.39, 0.29) is 37.4 Å². The highest BCUT2D eigenvalue weighted by molar-refractivity contribution is 5.85. The number of hydrogen-bond acceptors (Lipinski definition) is 4. The molecule has 7 heteroatoms. The largest absolute Gasteiger partial charge is 0.481 e. The van der Waals surface area contributed by atoms with E-state index in [9.17, 15) is 14.4 Å². The number of carbonyl (C=O) groups excluding carboxylic acids is 2. The molecule has 0 bridgehead atoms. The molecular weight excluding hydrogens is 238 g/mol. The standard InChI is InChI=1S/C11H21N3O4/c1-8(4-3-5-11(17)18)14-10(16)7-13-9(15)6-12-2/h8,12H,3-7H2,1-2H3,(H,13,15)(H,14,16)(H,17,18). The maximum atomic E-state index is 11.4. The van der Waals surface area contributed by atoms with Crippen LogP contribution >= 0.6 is 0 Å². The summed E-state index contributed by atoms with van der Waals surface area (Å²) < 4.78 is 0. The summed E-state index contributed by atoms with van der Waals surface area (Å²) in [5, 5.41) is 16.3. The minimum absolute atomic E-state index is 0.0657. The van der Waals surface area contributed by atoms with Gasteiger partial charge in [0.2, 0.25) is 11.8 Å². The average Bonchev–Trinajstić information content (AvgIpc) is 2.26. The molecule has 0 radical (unpaired) electrons. The highest BCUT2D eigenvalue weighted by Gasteiger charge is 2.09. The Kier molecular flexibility index (Phi) is 8.55. The summed E-state index contributed by atoms with van der Waals surface area (Å²) in [6.45, 7) is 1.90. The topological polar surface area (TPSA) is 108 Å². The molecule has 104 valence electrons. The van der Waals surface area contributed by atoms with Crippen LogP contribution in [0.1, 0.15) is 26.2 Å². The van der Waals surface area contributed by atoms with Crippen molar-refractivity contribution in [2.24, 2.45) is 0 Å². The van der Waals surface area contributed by atoms with Gasteiger partial charge in [0.1, 0.15) is 0 Å². The molecule has 0 aromatic heterocycles. The second kappa shape index (κ2) is 9.41. The molecule has 0 aliphatic heterocycles. The molecule has 1 unspecified atom stereocenters. The van der Waals surface area contributed by atoms with Crippen molar-refractivity contribution in [3.8, 4) is 0 Å². The Morgan fingerprint density at radius 2 is 1.83 bits per heavy atom. The number of nitrogens with one attached hydrogen (secondary N) is 3. The van der Waals surface area contributed by atoms with E-state index in [0.29, 0.717) is 12.8 Å². The third-order valence-corrected chi connectivity index (χ3v) is 2.22. The van der Waals surface area contributed by atoms with Crippen LogP contribution in [0.4, 0.5) is 0 Å². The molecule has 0 saturated heterocycles. The fraction of sp³-hybridized carbons (Fsp3) is 0.727. The van der Waals surface area contributed by atoms with Crippen LogP contribution in [0.3, 0.4) is 0 Å². The monoisotopic (exact) mass is 259 g/mol. The number of carboxylic acid groups (broad SMARTS) is 1. The Bertz CT molecular complexity index is 294. The summed E-state index contributed by atoms with van der Waals surface area (Å²) in [7, 11) is 1.64. The van der Waals surface area contributed by atoms with Gasteiger partial charge in [0.25, 0.3) is 0 Å². The van der Waals surface area contributed by atoms with Crippen LogP contribution in [0.2, 0.25) is 0 Å². The Labute approximate surface area is 106 Å². The van der Waals surface area contributed by atoms with Gasteiger partial charge in [0, 0.05) is 12.5 Å². The minimum atomic E-state index is -0.840. The van der Waals surface area contributed by atoms with E-state index in [2.05, 4.69) is 16.0 Å². The smallest absolute Gasteiger partial charge is 0.303 e. The SMILES string of the molecule is CNCC(=O)NCC(=O)NC(C)CCCC(=O)O. The second-order valence-electron chi connectivity index (χ2n) is 4.06. The lowest BCUT2D eigenvalue weighted by atomic mass is 10.1. The first-order valence-electron chi connectivity index (χ1n) is 5.88. The highest BCUT2D eigenvalue weighted by Crippen LogP contribution is 2.00. The van der Waals surface area contributed by atoms with Crippen molar-refractivity contribution in [3.05, 3.63) is 0 Å². The maximum absolute atomic E-state index is 11.4. The van der Waals surface area contributed by atoms with Gasteiger partial charge in [0.15, 0.2) is 0 Å². The number of aliphatic carboxylic acids is 1. The first-order chi connectivity index (χ1) is 8.45. The van der Waals surface area contributed by atoms with Crippen LogP contribution < -0.4 is 16.0 Å². The van der Waals surface area contributed by atoms with E-state index >= 15 is 0 Å². The summed E-state index contributed by atoms with van der Waals surface area (Å²) in [5.41, 5.74) is 0. The van der Waals surface area contributed by atoms with Crippen LogP contribution in [-0.4, -0.2) is 49.1 Å². The van der Waals surface area contributed by atoms with Crippen molar-refractivity contribution in [3.63, 3.8) is 0 Å². The van der Waals surface area contributed by atoms with Crippen molar-refractivity contribution in [2.45, 2.75) is 32.2 Å². The van der Waals surface area contributed by atoms with Gasteiger partial charge in [-0.1, -0.05) is 0 Å². The minimum Gasteiger partial charge on any atom is -0.481 e. The Morgan fingerprint density at radius 3 is 2.39 bits per heavy atom. The molecule has 2 amide bonds. The maximum Gasteiger partial charge on any atom is 0.303 e. The van der Waals surface area contributed by atoms with E-state index in [1.165, 1.54) is 0 Å². The molecule has 0 aliphatic rings. The molecule has 0 saturated carbocycles. The first-order valence-corrected chi connectivity index (χ1v) is 5.88. The summed E-state index contributed by atoms with van der Waals surface area (Å²) in [6.07, 6.45) is 1.21. The van der Waals surface area contributed by atoms with Crippen molar-refractivity contribution in [1.82, 2.24) is 16.0 Å². The first kappa shape index (κ1) is 16.4. The zero-order chi connectivity index (χ0) is 14.0. The van der Waals surface area contributed by atoms with Crippen molar-refractivity contribution < 1.29 is 19.5 Å². The zero-order valence-electron chi connectivity index (χ0n) is 10.8. The van der Waals surface area contributed by atoms with Gasteiger partial charge >= 0.3 is 5.97 Å². The zero-order valence-corrected chi connectivity index (χ0v) is 10.8. The normalized spacial score (nSPS) is 11.7. The molecular formula is C11H21N3O4. The number of rotatable bonds is 9. The van der Waals surface area contributed by atoms with Crippen molar-refractivity contribution >= 4 is 17.8 Å². The molecule has 1 atom stereocenters. The van der Waals surface area contributed by atoms with Gasteiger partial charge in [-0.2, -0.15) is 0 Å². The Hall–Kier alpha value is -1.63. The molecule has 0 rings (SSSR count). The van der Waals surface area contributed by atoms with E-state index in [1.54, 1.807) is 14.0 Å².